The van der Waals surface area contributed by atoms with Crippen LogP contribution in [-0.4, -0.2) is 6.54 Å². The number of nitrogens with two attached hydrogens (primary N) is 1. The smallest absolute Gasteiger partial charge is 0.00773 e. The van der Waals surface area contributed by atoms with Crippen LogP contribution in [-0.2, 0) is 0 Å². The van der Waals surface area contributed by atoms with Gasteiger partial charge in [0.05, 0.1) is 0 Å². The molecule has 0 rings (SSSR count). The van der Waals surface area contributed by atoms with E-state index in [1.807, 2.05) is 0 Å². The molecule has 0 unspecified atom stereocenters. The van der Waals surface area contributed by atoms with Gasteiger partial charge < -0.3 is 5.73 Å². The van der Waals surface area contributed by atoms with E-state index >= 15 is 0 Å². The van der Waals surface area contributed by atoms with E-state index in [1.54, 1.807) is 0 Å². The van der Waals surface area contributed by atoms with Crippen LogP contribution in [0.25, 0.3) is 0 Å². The molecule has 0 bridgehead atoms. The molecule has 2 N–H and O–H groups in total. The van der Waals surface area contributed by atoms with Crippen molar-refractivity contribution < 1.29 is 0 Å². The van der Waals surface area contributed by atoms with Gasteiger partial charge in [-0.15, -0.1) is 37.2 Å². The van der Waals surface area contributed by atoms with Crippen LogP contribution >= 0.6 is 37.2 Å². The fraction of sp³-hybridized carbons (Fsp3) is 1.00. The largest absolute Gasteiger partial charge is 0.330 e. The van der Waals surface area contributed by atoms with E-state index in [-0.39, 0.29) is 37.2 Å². The van der Waals surface area contributed by atoms with Gasteiger partial charge in [0, 0.05) is 0 Å². The fourth-order valence-electron chi connectivity index (χ4n) is 1.28. The first kappa shape index (κ1) is 24.2. The first-order valence-electron chi connectivity index (χ1n) is 5.12. The van der Waals surface area contributed by atoms with Crippen molar-refractivity contribution in [1.82, 2.24) is 0 Å². The summed E-state index contributed by atoms with van der Waals surface area (Å²) in [6.45, 7) is 3.13. The fourth-order valence-corrected chi connectivity index (χ4v) is 1.28. The van der Waals surface area contributed by atoms with Crippen LogP contribution in [0, 0.1) is 0 Å². The molecule has 0 aliphatic rings. The summed E-state index contributed by atoms with van der Waals surface area (Å²) in [6.07, 6.45) is 11.0. The molecule has 4 heteroatoms. The number of halogens is 3. The van der Waals surface area contributed by atoms with E-state index in [9.17, 15) is 0 Å². The maximum atomic E-state index is 5.39. The summed E-state index contributed by atoms with van der Waals surface area (Å²) < 4.78 is 0. The molecular weight excluding hydrogens is 240 g/mol. The summed E-state index contributed by atoms with van der Waals surface area (Å²) >= 11 is 0. The molecule has 0 radical (unpaired) electrons. The van der Waals surface area contributed by atoms with Crippen molar-refractivity contribution in [3.63, 3.8) is 0 Å². The van der Waals surface area contributed by atoms with Gasteiger partial charge >= 0.3 is 0 Å². The molecular formula is C10H26Cl3N. The van der Waals surface area contributed by atoms with Crippen LogP contribution in [0.5, 0.6) is 0 Å². The van der Waals surface area contributed by atoms with Crippen molar-refractivity contribution in [1.29, 1.82) is 0 Å². The zero-order chi connectivity index (χ0) is 8.36. The maximum absolute atomic E-state index is 5.39. The molecule has 92 valence electrons. The Bertz CT molecular complexity index is 64.4. The van der Waals surface area contributed by atoms with Crippen molar-refractivity contribution >= 4 is 37.2 Å². The summed E-state index contributed by atoms with van der Waals surface area (Å²) in [5.74, 6) is 0. The lowest BCUT2D eigenvalue weighted by atomic mass is 10.1. The predicted octanol–water partition coefficient (Wildman–Crippen LogP) is 4.35. The highest BCUT2D eigenvalue weighted by atomic mass is 35.5. The molecule has 0 saturated heterocycles. The Kier molecular flexibility index (Phi) is 40.7. The Hall–Kier alpha value is 0.830. The molecule has 14 heavy (non-hydrogen) atoms. The van der Waals surface area contributed by atoms with Gasteiger partial charge in [-0.2, -0.15) is 0 Å². The number of hydrogen-bond donors (Lipinski definition) is 1. The maximum Gasteiger partial charge on any atom is -0.00773 e. The summed E-state index contributed by atoms with van der Waals surface area (Å²) in [5.41, 5.74) is 5.39. The lowest BCUT2D eigenvalue weighted by Crippen LogP contribution is -1.97. The van der Waals surface area contributed by atoms with Crippen LogP contribution in [0.15, 0.2) is 0 Å². The van der Waals surface area contributed by atoms with Crippen molar-refractivity contribution in [3.05, 3.63) is 0 Å². The second-order valence-corrected chi connectivity index (χ2v) is 3.26. The average Bonchev–Trinajstić information content (AvgIpc) is 2.03. The van der Waals surface area contributed by atoms with Crippen molar-refractivity contribution in [3.8, 4) is 0 Å². The number of rotatable bonds is 8. The first-order valence-corrected chi connectivity index (χ1v) is 5.12. The highest BCUT2D eigenvalue weighted by molar-refractivity contribution is 5.86. The normalized spacial score (nSPS) is 8.14. The third kappa shape index (κ3) is 23.0. The Labute approximate surface area is 108 Å². The zero-order valence-corrected chi connectivity index (χ0v) is 11.6. The van der Waals surface area contributed by atoms with Gasteiger partial charge in [-0.25, -0.2) is 0 Å². The van der Waals surface area contributed by atoms with Crippen molar-refractivity contribution in [2.45, 2.75) is 58.3 Å². The summed E-state index contributed by atoms with van der Waals surface area (Å²) in [4.78, 5) is 0. The second kappa shape index (κ2) is 23.6. The minimum Gasteiger partial charge on any atom is -0.330 e. The van der Waals surface area contributed by atoms with E-state index in [0.29, 0.717) is 0 Å². The first-order chi connectivity index (χ1) is 5.41. The topological polar surface area (TPSA) is 26.0 Å². The predicted molar refractivity (Wildman–Crippen MR) is 73.4 cm³/mol. The Morgan fingerprint density at radius 3 is 1.36 bits per heavy atom. The molecule has 0 aliphatic heterocycles. The van der Waals surface area contributed by atoms with Gasteiger partial charge in [-0.05, 0) is 13.0 Å². The van der Waals surface area contributed by atoms with Gasteiger partial charge in [0.1, 0.15) is 0 Å². The van der Waals surface area contributed by atoms with Gasteiger partial charge in [0.25, 0.3) is 0 Å². The van der Waals surface area contributed by atoms with Gasteiger partial charge in [-0.1, -0.05) is 51.9 Å². The monoisotopic (exact) mass is 265 g/mol. The number of unbranched alkanes of at least 4 members (excludes halogenated alkanes) is 7. The van der Waals surface area contributed by atoms with E-state index in [4.69, 9.17) is 5.73 Å². The highest BCUT2D eigenvalue weighted by Gasteiger charge is 1.89. The molecule has 0 aliphatic carbocycles. The van der Waals surface area contributed by atoms with Gasteiger partial charge in [0.2, 0.25) is 0 Å². The lowest BCUT2D eigenvalue weighted by molar-refractivity contribution is 0.578. The van der Waals surface area contributed by atoms with E-state index in [2.05, 4.69) is 6.92 Å². The molecule has 0 aromatic rings. The quantitative estimate of drug-likeness (QED) is 0.650. The molecule has 0 saturated carbocycles. The van der Waals surface area contributed by atoms with Crippen LogP contribution in [0.3, 0.4) is 0 Å². The Balaban J connectivity index is -0.000000167. The lowest BCUT2D eigenvalue weighted by Gasteiger charge is -1.99. The minimum absolute atomic E-state index is 0. The Morgan fingerprint density at radius 1 is 0.643 bits per heavy atom. The van der Waals surface area contributed by atoms with Crippen LogP contribution in [0.4, 0.5) is 0 Å². The van der Waals surface area contributed by atoms with E-state index < -0.39 is 0 Å². The molecule has 0 atom stereocenters. The van der Waals surface area contributed by atoms with Gasteiger partial charge in [-0.3, -0.25) is 0 Å². The summed E-state index contributed by atoms with van der Waals surface area (Å²) in [5, 5.41) is 0. The molecule has 0 spiro atoms. The molecule has 0 heterocycles. The minimum atomic E-state index is 0. The van der Waals surface area contributed by atoms with Crippen molar-refractivity contribution in [2.24, 2.45) is 5.73 Å². The molecule has 0 fully saturated rings. The molecule has 1 nitrogen and oxygen atoms in total. The van der Waals surface area contributed by atoms with Crippen LogP contribution in [0.1, 0.15) is 58.3 Å². The summed E-state index contributed by atoms with van der Waals surface area (Å²) in [7, 11) is 0. The van der Waals surface area contributed by atoms with Crippen LogP contribution in [0.2, 0.25) is 0 Å². The molecule has 0 amide bonds. The van der Waals surface area contributed by atoms with Gasteiger partial charge in [0.15, 0.2) is 0 Å². The third-order valence-electron chi connectivity index (χ3n) is 2.06. The summed E-state index contributed by atoms with van der Waals surface area (Å²) in [6, 6.07) is 0. The third-order valence-corrected chi connectivity index (χ3v) is 2.06. The Morgan fingerprint density at radius 2 is 1.00 bits per heavy atom. The van der Waals surface area contributed by atoms with Crippen molar-refractivity contribution in [2.75, 3.05) is 6.54 Å². The molecule has 0 aromatic heterocycles. The van der Waals surface area contributed by atoms with Crippen LogP contribution < -0.4 is 5.73 Å². The van der Waals surface area contributed by atoms with E-state index in [0.717, 1.165) is 6.54 Å². The van der Waals surface area contributed by atoms with E-state index in [1.165, 1.54) is 51.4 Å². The standard InChI is InChI=1S/C10H23N.3ClH/c1-2-3-4-5-6-7-8-9-10-11;;;/h2-11H2,1H3;3*1H. The molecule has 0 aromatic carbocycles. The average molecular weight is 267 g/mol. The second-order valence-electron chi connectivity index (χ2n) is 3.26. The SMILES string of the molecule is CCCCCCCCCCN.Cl.Cl.Cl. The number of hydrogen-bond acceptors (Lipinski definition) is 1. The zero-order valence-electron chi connectivity index (χ0n) is 9.17. The highest BCUT2D eigenvalue weighted by Crippen LogP contribution is 2.07.